The van der Waals surface area contributed by atoms with Crippen LogP contribution in [0.15, 0.2) is 22.7 Å². The lowest BCUT2D eigenvalue weighted by atomic mass is 9.85. The van der Waals surface area contributed by atoms with Crippen LogP contribution >= 0.6 is 31.9 Å². The number of hydrogen-bond acceptors (Lipinski definition) is 0. The molecule has 1 aromatic rings. The van der Waals surface area contributed by atoms with Gasteiger partial charge in [-0.2, -0.15) is 0 Å². The van der Waals surface area contributed by atoms with Gasteiger partial charge in [0.1, 0.15) is 5.82 Å². The lowest BCUT2D eigenvalue weighted by Crippen LogP contribution is -2.21. The van der Waals surface area contributed by atoms with Gasteiger partial charge in [-0.3, -0.25) is 0 Å². The fourth-order valence-corrected chi connectivity index (χ4v) is 3.56. The third kappa shape index (κ3) is 3.07. The predicted octanol–water partition coefficient (Wildman–Crippen LogP) is 5.08. The molecule has 0 amide bonds. The maximum atomic E-state index is 13.2. The summed E-state index contributed by atoms with van der Waals surface area (Å²) in [4.78, 5) is 0.594. The number of halogens is 3. The van der Waals surface area contributed by atoms with E-state index in [1.807, 2.05) is 0 Å². The largest absolute Gasteiger partial charge is 0.207 e. The Morgan fingerprint density at radius 3 is 2.75 bits per heavy atom. The van der Waals surface area contributed by atoms with Crippen molar-refractivity contribution in [1.29, 1.82) is 0 Å². The van der Waals surface area contributed by atoms with Crippen LogP contribution in [-0.2, 0) is 6.42 Å². The highest BCUT2D eigenvalue weighted by molar-refractivity contribution is 9.10. The molecule has 0 N–H and O–H groups in total. The molecule has 0 heterocycles. The summed E-state index contributed by atoms with van der Waals surface area (Å²) in [5.74, 6) is 0.506. The van der Waals surface area contributed by atoms with E-state index in [0.717, 1.165) is 16.5 Å². The first kappa shape index (κ1) is 12.6. The van der Waals surface area contributed by atoms with Crippen LogP contribution < -0.4 is 0 Å². The molecule has 0 aliphatic heterocycles. The molecule has 0 spiro atoms. The van der Waals surface area contributed by atoms with Crippen molar-refractivity contribution < 1.29 is 4.39 Å². The highest BCUT2D eigenvalue weighted by atomic mass is 79.9. The Morgan fingerprint density at radius 1 is 1.25 bits per heavy atom. The molecule has 1 aromatic carbocycles. The second-order valence-corrected chi connectivity index (χ2v) is 6.53. The van der Waals surface area contributed by atoms with Crippen molar-refractivity contribution in [3.8, 4) is 0 Å². The molecule has 2 rings (SSSR count). The van der Waals surface area contributed by atoms with Crippen LogP contribution in [-0.4, -0.2) is 4.83 Å². The van der Waals surface area contributed by atoms with E-state index in [1.165, 1.54) is 31.7 Å². The van der Waals surface area contributed by atoms with E-state index in [2.05, 4.69) is 31.9 Å². The smallest absolute Gasteiger partial charge is 0.123 e. The molecule has 0 radical (unpaired) electrons. The molecule has 88 valence electrons. The van der Waals surface area contributed by atoms with Gasteiger partial charge in [0.25, 0.3) is 0 Å². The van der Waals surface area contributed by atoms with Crippen LogP contribution in [0.5, 0.6) is 0 Å². The minimum absolute atomic E-state index is 0.139. The molecule has 1 aliphatic carbocycles. The molecule has 2 atom stereocenters. The van der Waals surface area contributed by atoms with Crippen LogP contribution in [0.3, 0.4) is 0 Å². The lowest BCUT2D eigenvalue weighted by molar-refractivity contribution is 0.372. The van der Waals surface area contributed by atoms with Crippen molar-refractivity contribution in [1.82, 2.24) is 0 Å². The van der Waals surface area contributed by atoms with E-state index < -0.39 is 0 Å². The Balaban J connectivity index is 2.10. The first-order chi connectivity index (χ1) is 7.66. The van der Waals surface area contributed by atoms with Crippen molar-refractivity contribution in [3.05, 3.63) is 34.1 Å². The summed E-state index contributed by atoms with van der Waals surface area (Å²) in [6.07, 6.45) is 6.08. The van der Waals surface area contributed by atoms with E-state index in [-0.39, 0.29) is 5.82 Å². The van der Waals surface area contributed by atoms with Crippen LogP contribution in [0.4, 0.5) is 4.39 Å². The summed E-state index contributed by atoms with van der Waals surface area (Å²) in [6.45, 7) is 0. The van der Waals surface area contributed by atoms with Gasteiger partial charge in [0.05, 0.1) is 0 Å². The number of hydrogen-bond donors (Lipinski definition) is 0. The minimum Gasteiger partial charge on any atom is -0.207 e. The van der Waals surface area contributed by atoms with Gasteiger partial charge in [0.15, 0.2) is 0 Å². The monoisotopic (exact) mass is 348 g/mol. The zero-order chi connectivity index (χ0) is 11.5. The van der Waals surface area contributed by atoms with Crippen molar-refractivity contribution in [2.45, 2.75) is 36.9 Å². The first-order valence-electron chi connectivity index (χ1n) is 5.75. The summed E-state index contributed by atoms with van der Waals surface area (Å²) < 4.78 is 14.2. The van der Waals surface area contributed by atoms with Gasteiger partial charge in [0, 0.05) is 9.30 Å². The summed E-state index contributed by atoms with van der Waals surface area (Å²) in [5, 5.41) is 0. The van der Waals surface area contributed by atoms with Crippen LogP contribution in [0.1, 0.15) is 31.2 Å². The fraction of sp³-hybridized carbons (Fsp3) is 0.538. The Hall–Kier alpha value is 0.110. The van der Waals surface area contributed by atoms with E-state index in [4.69, 9.17) is 0 Å². The molecule has 0 saturated heterocycles. The zero-order valence-electron chi connectivity index (χ0n) is 9.06. The van der Waals surface area contributed by atoms with Crippen molar-refractivity contribution in [2.75, 3.05) is 0 Å². The Morgan fingerprint density at radius 2 is 2.00 bits per heavy atom. The molecule has 1 fully saturated rings. The Kier molecular flexibility index (Phi) is 4.42. The second-order valence-electron chi connectivity index (χ2n) is 4.50. The van der Waals surface area contributed by atoms with Crippen LogP contribution in [0, 0.1) is 11.7 Å². The highest BCUT2D eigenvalue weighted by Gasteiger charge is 2.23. The Labute approximate surface area is 113 Å². The standard InChI is InChI=1S/C13H15Br2F/c14-12-4-2-1-3-9(12)7-10-8-11(16)5-6-13(10)15/h5-6,8-9,12H,1-4,7H2. The normalized spacial score (nSPS) is 25.7. The molecule has 0 bridgehead atoms. The molecule has 0 aromatic heterocycles. The summed E-state index contributed by atoms with van der Waals surface area (Å²) in [7, 11) is 0. The number of benzene rings is 1. The van der Waals surface area contributed by atoms with Gasteiger partial charge in [-0.15, -0.1) is 0 Å². The summed E-state index contributed by atoms with van der Waals surface area (Å²) >= 11 is 7.24. The highest BCUT2D eigenvalue weighted by Crippen LogP contribution is 2.34. The van der Waals surface area contributed by atoms with E-state index in [1.54, 1.807) is 12.1 Å². The average Bonchev–Trinajstić information content (AvgIpc) is 2.27. The average molecular weight is 350 g/mol. The van der Waals surface area contributed by atoms with Gasteiger partial charge in [-0.25, -0.2) is 4.39 Å². The minimum atomic E-state index is -0.139. The Bertz CT molecular complexity index is 365. The SMILES string of the molecule is Fc1ccc(Br)c(CC2CCCCC2Br)c1. The second kappa shape index (κ2) is 5.63. The first-order valence-corrected chi connectivity index (χ1v) is 7.45. The van der Waals surface area contributed by atoms with E-state index >= 15 is 0 Å². The third-order valence-corrected chi connectivity index (χ3v) is 5.29. The molecular formula is C13H15Br2F. The zero-order valence-corrected chi connectivity index (χ0v) is 12.2. The van der Waals surface area contributed by atoms with Gasteiger partial charge in [0.2, 0.25) is 0 Å². The quantitative estimate of drug-likeness (QED) is 0.653. The van der Waals surface area contributed by atoms with Gasteiger partial charge >= 0.3 is 0 Å². The topological polar surface area (TPSA) is 0 Å². The van der Waals surface area contributed by atoms with Gasteiger partial charge in [-0.1, -0.05) is 44.7 Å². The van der Waals surface area contributed by atoms with Gasteiger partial charge in [-0.05, 0) is 48.9 Å². The number of alkyl halides is 1. The molecule has 3 heteroatoms. The molecule has 1 saturated carbocycles. The third-order valence-electron chi connectivity index (χ3n) is 3.31. The molecular weight excluding hydrogens is 335 g/mol. The molecule has 2 unspecified atom stereocenters. The van der Waals surface area contributed by atoms with Crippen LogP contribution in [0.2, 0.25) is 0 Å². The van der Waals surface area contributed by atoms with E-state index in [0.29, 0.717) is 10.7 Å². The van der Waals surface area contributed by atoms with Crippen LogP contribution in [0.25, 0.3) is 0 Å². The molecule has 16 heavy (non-hydrogen) atoms. The lowest BCUT2D eigenvalue weighted by Gasteiger charge is -2.27. The van der Waals surface area contributed by atoms with Gasteiger partial charge < -0.3 is 0 Å². The number of rotatable bonds is 2. The maximum absolute atomic E-state index is 13.2. The molecule has 1 aliphatic rings. The summed E-state index contributed by atoms with van der Waals surface area (Å²) in [5.41, 5.74) is 1.09. The predicted molar refractivity (Wildman–Crippen MR) is 72.5 cm³/mol. The maximum Gasteiger partial charge on any atom is 0.123 e. The fourth-order valence-electron chi connectivity index (χ4n) is 2.37. The summed E-state index contributed by atoms with van der Waals surface area (Å²) in [6, 6.07) is 4.95. The van der Waals surface area contributed by atoms with E-state index in [9.17, 15) is 4.39 Å². The molecule has 0 nitrogen and oxygen atoms in total. The van der Waals surface area contributed by atoms with Crippen molar-refractivity contribution in [2.24, 2.45) is 5.92 Å². The van der Waals surface area contributed by atoms with Crippen molar-refractivity contribution >= 4 is 31.9 Å². The van der Waals surface area contributed by atoms with Crippen molar-refractivity contribution in [3.63, 3.8) is 0 Å².